The number of hydrogen-bond acceptors (Lipinski definition) is 4. The molecule has 114 valence electrons. The highest BCUT2D eigenvalue weighted by Gasteiger charge is 2.50. The number of aliphatic hydroxyl groups is 1. The Balaban J connectivity index is 1.59. The van der Waals surface area contributed by atoms with E-state index in [0.29, 0.717) is 13.0 Å². The molecule has 1 saturated carbocycles. The number of carbonyl (C=O) groups excluding carboxylic acids is 1. The van der Waals surface area contributed by atoms with Gasteiger partial charge in [0.1, 0.15) is 6.61 Å². The van der Waals surface area contributed by atoms with Crippen molar-refractivity contribution in [2.45, 2.75) is 37.5 Å². The van der Waals surface area contributed by atoms with E-state index in [-0.39, 0.29) is 31.2 Å². The Morgan fingerprint density at radius 2 is 2.19 bits per heavy atom. The van der Waals surface area contributed by atoms with Gasteiger partial charge in [0, 0.05) is 25.0 Å². The van der Waals surface area contributed by atoms with Gasteiger partial charge in [0.05, 0.1) is 5.60 Å². The predicted molar refractivity (Wildman–Crippen MR) is 78.5 cm³/mol. The molecule has 1 aromatic carbocycles. The lowest BCUT2D eigenvalue weighted by Gasteiger charge is -2.35. The molecule has 1 heterocycles. The van der Waals surface area contributed by atoms with E-state index < -0.39 is 5.60 Å². The van der Waals surface area contributed by atoms with E-state index in [4.69, 9.17) is 10.5 Å². The van der Waals surface area contributed by atoms with Crippen LogP contribution in [0.1, 0.15) is 24.8 Å². The van der Waals surface area contributed by atoms with E-state index in [1.807, 2.05) is 30.3 Å². The monoisotopic (exact) mass is 290 g/mol. The molecule has 5 nitrogen and oxygen atoms in total. The van der Waals surface area contributed by atoms with E-state index in [9.17, 15) is 9.90 Å². The van der Waals surface area contributed by atoms with Crippen molar-refractivity contribution < 1.29 is 14.6 Å². The molecule has 1 aliphatic carbocycles. The van der Waals surface area contributed by atoms with Gasteiger partial charge in [-0.2, -0.15) is 0 Å². The Morgan fingerprint density at radius 3 is 2.90 bits per heavy atom. The van der Waals surface area contributed by atoms with Crippen LogP contribution >= 0.6 is 0 Å². The molecule has 1 amide bonds. The first kappa shape index (κ1) is 14.4. The summed E-state index contributed by atoms with van der Waals surface area (Å²) in [5, 5.41) is 10.5. The maximum absolute atomic E-state index is 12.3. The van der Waals surface area contributed by atoms with E-state index in [2.05, 4.69) is 0 Å². The topological polar surface area (TPSA) is 75.8 Å². The molecule has 1 saturated heterocycles. The minimum Gasteiger partial charge on any atom is -0.445 e. The number of amides is 1. The van der Waals surface area contributed by atoms with Crippen LogP contribution in [0.4, 0.5) is 4.79 Å². The number of benzene rings is 1. The molecular formula is C16H22N2O3. The molecular weight excluding hydrogens is 268 g/mol. The fourth-order valence-electron chi connectivity index (χ4n) is 3.49. The number of nitrogens with two attached hydrogens (primary N) is 1. The lowest BCUT2D eigenvalue weighted by atomic mass is 9.76. The molecule has 5 heteroatoms. The molecule has 3 N–H and O–H groups in total. The average Bonchev–Trinajstić information content (AvgIpc) is 2.91. The summed E-state index contributed by atoms with van der Waals surface area (Å²) in [6.45, 7) is 1.10. The largest absolute Gasteiger partial charge is 0.445 e. The quantitative estimate of drug-likeness (QED) is 0.884. The lowest BCUT2D eigenvalue weighted by Crippen LogP contribution is -2.47. The van der Waals surface area contributed by atoms with Crippen molar-refractivity contribution in [3.05, 3.63) is 35.9 Å². The van der Waals surface area contributed by atoms with Gasteiger partial charge < -0.3 is 20.5 Å². The van der Waals surface area contributed by atoms with Crippen molar-refractivity contribution in [1.82, 2.24) is 4.90 Å². The maximum Gasteiger partial charge on any atom is 0.410 e. The molecule has 1 aromatic rings. The molecule has 2 aliphatic rings. The fourth-order valence-corrected chi connectivity index (χ4v) is 3.49. The highest BCUT2D eigenvalue weighted by atomic mass is 16.6. The third kappa shape index (κ3) is 2.76. The second kappa shape index (κ2) is 5.66. The van der Waals surface area contributed by atoms with Crippen molar-refractivity contribution in [2.75, 3.05) is 13.1 Å². The van der Waals surface area contributed by atoms with Gasteiger partial charge in [-0.3, -0.25) is 0 Å². The SMILES string of the molecule is NCC1(O)CCC2CC1CN2C(=O)OCc1ccccc1. The molecule has 0 radical (unpaired) electrons. The highest BCUT2D eigenvalue weighted by Crippen LogP contribution is 2.41. The number of fused-ring (bicyclic) bond motifs is 2. The van der Waals surface area contributed by atoms with Crippen LogP contribution in [0.2, 0.25) is 0 Å². The first-order valence-electron chi connectivity index (χ1n) is 7.52. The zero-order valence-electron chi connectivity index (χ0n) is 12.1. The Kier molecular flexibility index (Phi) is 3.87. The predicted octanol–water partition coefficient (Wildman–Crippen LogP) is 1.50. The van der Waals surface area contributed by atoms with Crippen molar-refractivity contribution in [3.8, 4) is 0 Å². The third-order valence-electron chi connectivity index (χ3n) is 4.88. The van der Waals surface area contributed by atoms with Gasteiger partial charge in [-0.15, -0.1) is 0 Å². The number of likely N-dealkylation sites (tertiary alicyclic amines) is 1. The van der Waals surface area contributed by atoms with Gasteiger partial charge in [-0.1, -0.05) is 30.3 Å². The minimum absolute atomic E-state index is 0.0746. The Morgan fingerprint density at radius 1 is 1.43 bits per heavy atom. The summed E-state index contributed by atoms with van der Waals surface area (Å²) in [5.74, 6) is 0.0746. The summed E-state index contributed by atoms with van der Waals surface area (Å²) in [6, 6.07) is 9.83. The van der Waals surface area contributed by atoms with Gasteiger partial charge in [0.25, 0.3) is 0 Å². The smallest absolute Gasteiger partial charge is 0.410 e. The molecule has 2 bridgehead atoms. The molecule has 21 heavy (non-hydrogen) atoms. The summed E-state index contributed by atoms with van der Waals surface area (Å²) in [6.07, 6.45) is 2.01. The number of nitrogens with zero attached hydrogens (tertiary/aromatic N) is 1. The van der Waals surface area contributed by atoms with Gasteiger partial charge in [-0.05, 0) is 24.8 Å². The Hall–Kier alpha value is -1.59. The summed E-state index contributed by atoms with van der Waals surface area (Å²) in [5.41, 5.74) is 5.86. The third-order valence-corrected chi connectivity index (χ3v) is 4.88. The molecule has 2 fully saturated rings. The van der Waals surface area contributed by atoms with Crippen molar-refractivity contribution in [1.29, 1.82) is 0 Å². The van der Waals surface area contributed by atoms with Gasteiger partial charge >= 0.3 is 6.09 Å². The second-order valence-electron chi connectivity index (χ2n) is 6.13. The van der Waals surface area contributed by atoms with Gasteiger partial charge in [-0.25, -0.2) is 4.79 Å². The fraction of sp³-hybridized carbons (Fsp3) is 0.562. The van der Waals surface area contributed by atoms with Crippen molar-refractivity contribution in [3.63, 3.8) is 0 Å². The first-order valence-corrected chi connectivity index (χ1v) is 7.52. The molecule has 3 atom stereocenters. The lowest BCUT2D eigenvalue weighted by molar-refractivity contribution is -0.0246. The van der Waals surface area contributed by atoms with Gasteiger partial charge in [0.2, 0.25) is 0 Å². The van der Waals surface area contributed by atoms with Crippen LogP contribution < -0.4 is 5.73 Å². The Labute approximate surface area is 124 Å². The Bertz CT molecular complexity index is 508. The maximum atomic E-state index is 12.3. The number of carbonyl (C=O) groups is 1. The van der Waals surface area contributed by atoms with Crippen molar-refractivity contribution in [2.24, 2.45) is 11.7 Å². The van der Waals surface area contributed by atoms with Crippen LogP contribution in [0, 0.1) is 5.92 Å². The number of rotatable bonds is 3. The highest BCUT2D eigenvalue weighted by molar-refractivity contribution is 5.68. The molecule has 0 aromatic heterocycles. The zero-order valence-corrected chi connectivity index (χ0v) is 12.1. The molecule has 0 spiro atoms. The van der Waals surface area contributed by atoms with Crippen LogP contribution in [-0.4, -0.2) is 40.8 Å². The van der Waals surface area contributed by atoms with Crippen LogP contribution in [0.5, 0.6) is 0 Å². The van der Waals surface area contributed by atoms with E-state index in [0.717, 1.165) is 18.4 Å². The molecule has 3 unspecified atom stereocenters. The van der Waals surface area contributed by atoms with Crippen LogP contribution in [0.15, 0.2) is 30.3 Å². The van der Waals surface area contributed by atoms with E-state index in [1.54, 1.807) is 4.90 Å². The standard InChI is InChI=1S/C16H22N2O3/c17-11-16(20)7-6-14-8-13(16)9-18(14)15(19)21-10-12-4-2-1-3-5-12/h1-5,13-14,20H,6-11,17H2. The first-order chi connectivity index (χ1) is 10.1. The summed E-state index contributed by atoms with van der Waals surface area (Å²) in [4.78, 5) is 14.0. The van der Waals surface area contributed by atoms with Crippen LogP contribution in [0.25, 0.3) is 0 Å². The summed E-state index contributed by atoms with van der Waals surface area (Å²) >= 11 is 0. The summed E-state index contributed by atoms with van der Waals surface area (Å²) < 4.78 is 5.40. The van der Waals surface area contributed by atoms with Crippen molar-refractivity contribution >= 4 is 6.09 Å². The molecule has 1 aliphatic heterocycles. The number of hydrogen-bond donors (Lipinski definition) is 2. The number of ether oxygens (including phenoxy) is 1. The van der Waals surface area contributed by atoms with Crippen LogP contribution in [-0.2, 0) is 11.3 Å². The molecule has 3 rings (SSSR count). The minimum atomic E-state index is -0.815. The average molecular weight is 290 g/mol. The normalized spacial score (nSPS) is 31.2. The zero-order chi connectivity index (χ0) is 14.9. The second-order valence-corrected chi connectivity index (χ2v) is 6.13. The van der Waals surface area contributed by atoms with E-state index in [1.165, 1.54) is 0 Å². The summed E-state index contributed by atoms with van der Waals surface area (Å²) in [7, 11) is 0. The van der Waals surface area contributed by atoms with Gasteiger partial charge in [0.15, 0.2) is 0 Å². The van der Waals surface area contributed by atoms with E-state index >= 15 is 0 Å². The van der Waals surface area contributed by atoms with Crippen LogP contribution in [0.3, 0.4) is 0 Å².